The Morgan fingerprint density at radius 1 is 1.36 bits per heavy atom. The van der Waals surface area contributed by atoms with Gasteiger partial charge in [-0.3, -0.25) is 9.59 Å². The van der Waals surface area contributed by atoms with Crippen LogP contribution in [0.4, 0.5) is 18.9 Å². The predicted octanol–water partition coefficient (Wildman–Crippen LogP) is 3.23. The number of carbonyl (C=O) groups is 2. The molecule has 1 aromatic rings. The van der Waals surface area contributed by atoms with Gasteiger partial charge in [0.05, 0.1) is 0 Å². The molecule has 0 saturated carbocycles. The molecule has 0 heterocycles. The zero-order valence-electron chi connectivity index (χ0n) is 12.1. The monoisotopic (exact) mass is 314 g/mol. The number of alkyl halides is 3. The van der Waals surface area contributed by atoms with Gasteiger partial charge in [-0.1, -0.05) is 19.1 Å². The van der Waals surface area contributed by atoms with Gasteiger partial charge in [0.1, 0.15) is 6.54 Å². The average molecular weight is 314 g/mol. The van der Waals surface area contributed by atoms with Crippen molar-refractivity contribution in [1.29, 1.82) is 0 Å². The molecule has 0 unspecified atom stereocenters. The lowest BCUT2D eigenvalue weighted by molar-refractivity contribution is -0.139. The van der Waals surface area contributed by atoms with Gasteiger partial charge in [-0.15, -0.1) is 6.58 Å². The standard InChI is InChI=1S/C15H17F3N2O2/c1-3-8-20(10-15(16,17)18)14(22)11-6-5-7-12(9-11)19-13(21)4-2/h3,5-7,9H,1,4,8,10H2,2H3,(H,19,21). The number of nitrogens with one attached hydrogen (secondary N) is 1. The van der Waals surface area contributed by atoms with Crippen LogP contribution in [-0.4, -0.2) is 36.0 Å². The molecule has 0 saturated heterocycles. The molecule has 0 aromatic heterocycles. The summed E-state index contributed by atoms with van der Waals surface area (Å²) in [5, 5.41) is 2.55. The predicted molar refractivity (Wildman–Crippen MR) is 77.5 cm³/mol. The summed E-state index contributed by atoms with van der Waals surface area (Å²) < 4.78 is 37.6. The van der Waals surface area contributed by atoms with Crippen LogP contribution in [0, 0.1) is 0 Å². The van der Waals surface area contributed by atoms with Crippen molar-refractivity contribution in [2.24, 2.45) is 0 Å². The van der Waals surface area contributed by atoms with Crippen LogP contribution in [0.25, 0.3) is 0 Å². The lowest BCUT2D eigenvalue weighted by Gasteiger charge is -2.22. The summed E-state index contributed by atoms with van der Waals surface area (Å²) in [6.45, 7) is 3.45. The first-order valence-corrected chi connectivity index (χ1v) is 6.63. The van der Waals surface area contributed by atoms with E-state index in [1.165, 1.54) is 24.3 Å². The molecule has 0 bridgehead atoms. The highest BCUT2D eigenvalue weighted by Crippen LogP contribution is 2.19. The lowest BCUT2D eigenvalue weighted by atomic mass is 10.1. The van der Waals surface area contributed by atoms with E-state index in [-0.39, 0.29) is 24.4 Å². The van der Waals surface area contributed by atoms with Crippen LogP contribution in [0.15, 0.2) is 36.9 Å². The Hall–Kier alpha value is -2.31. The first-order valence-electron chi connectivity index (χ1n) is 6.63. The van der Waals surface area contributed by atoms with Crippen molar-refractivity contribution < 1.29 is 22.8 Å². The molecule has 1 N–H and O–H groups in total. The molecule has 0 aliphatic heterocycles. The maximum absolute atomic E-state index is 12.5. The Morgan fingerprint density at radius 3 is 2.59 bits per heavy atom. The number of hydrogen-bond acceptors (Lipinski definition) is 2. The Labute approximate surface area is 126 Å². The fraction of sp³-hybridized carbons (Fsp3) is 0.333. The summed E-state index contributed by atoms with van der Waals surface area (Å²) in [6.07, 6.45) is -3.01. The fourth-order valence-corrected chi connectivity index (χ4v) is 1.75. The summed E-state index contributed by atoms with van der Waals surface area (Å²) in [5.41, 5.74) is 0.434. The second-order valence-electron chi connectivity index (χ2n) is 4.57. The third-order valence-corrected chi connectivity index (χ3v) is 2.72. The van der Waals surface area contributed by atoms with Crippen LogP contribution in [0.5, 0.6) is 0 Å². The number of amides is 2. The first-order chi connectivity index (χ1) is 10.3. The van der Waals surface area contributed by atoms with Gasteiger partial charge in [0, 0.05) is 24.2 Å². The zero-order chi connectivity index (χ0) is 16.8. The number of rotatable bonds is 6. The van der Waals surface area contributed by atoms with Gasteiger partial charge in [0.15, 0.2) is 0 Å². The molecular weight excluding hydrogens is 297 g/mol. The SMILES string of the molecule is C=CCN(CC(F)(F)F)C(=O)c1cccc(NC(=O)CC)c1. The van der Waals surface area contributed by atoms with E-state index in [1.807, 2.05) is 0 Å². The van der Waals surface area contributed by atoms with Crippen LogP contribution in [0.1, 0.15) is 23.7 Å². The number of halogens is 3. The van der Waals surface area contributed by atoms with Crippen LogP contribution in [0.2, 0.25) is 0 Å². The summed E-state index contributed by atoms with van der Waals surface area (Å²) in [6, 6.07) is 5.81. The minimum Gasteiger partial charge on any atom is -0.326 e. The molecule has 0 radical (unpaired) electrons. The number of benzene rings is 1. The molecule has 120 valence electrons. The highest BCUT2D eigenvalue weighted by Gasteiger charge is 2.32. The highest BCUT2D eigenvalue weighted by molar-refractivity contribution is 5.97. The van der Waals surface area contributed by atoms with Gasteiger partial charge in [0.25, 0.3) is 5.91 Å². The molecule has 7 heteroatoms. The van der Waals surface area contributed by atoms with Gasteiger partial charge >= 0.3 is 6.18 Å². The third-order valence-electron chi connectivity index (χ3n) is 2.72. The minimum absolute atomic E-state index is 0.0694. The van der Waals surface area contributed by atoms with Gasteiger partial charge in [0.2, 0.25) is 5.91 Å². The van der Waals surface area contributed by atoms with Crippen LogP contribution in [0.3, 0.4) is 0 Å². The minimum atomic E-state index is -4.49. The molecular formula is C15H17F3N2O2. The molecule has 0 spiro atoms. The van der Waals surface area contributed by atoms with Crippen LogP contribution in [-0.2, 0) is 4.79 Å². The Balaban J connectivity index is 2.96. The number of carbonyl (C=O) groups excluding carboxylic acids is 2. The lowest BCUT2D eigenvalue weighted by Crippen LogP contribution is -2.39. The summed E-state index contributed by atoms with van der Waals surface area (Å²) in [7, 11) is 0. The van der Waals surface area contributed by atoms with Gasteiger partial charge < -0.3 is 10.2 Å². The maximum atomic E-state index is 12.5. The molecule has 1 aromatic carbocycles. The van der Waals surface area contributed by atoms with E-state index in [2.05, 4.69) is 11.9 Å². The van der Waals surface area contributed by atoms with Crippen molar-refractivity contribution in [2.45, 2.75) is 19.5 Å². The molecule has 0 aliphatic rings. The summed E-state index contributed by atoms with van der Waals surface area (Å²) in [4.78, 5) is 24.1. The van der Waals surface area contributed by atoms with E-state index in [1.54, 1.807) is 13.0 Å². The summed E-state index contributed by atoms with van der Waals surface area (Å²) in [5.74, 6) is -1.02. The van der Waals surface area contributed by atoms with E-state index in [0.717, 1.165) is 0 Å². The summed E-state index contributed by atoms with van der Waals surface area (Å²) >= 11 is 0. The van der Waals surface area contributed by atoms with Crippen molar-refractivity contribution in [3.8, 4) is 0 Å². The van der Waals surface area contributed by atoms with Gasteiger partial charge in [-0.05, 0) is 18.2 Å². The molecule has 1 rings (SSSR count). The quantitative estimate of drug-likeness (QED) is 0.820. The molecule has 4 nitrogen and oxygen atoms in total. The molecule has 2 amide bonds. The van der Waals surface area contributed by atoms with E-state index in [4.69, 9.17) is 0 Å². The van der Waals surface area contributed by atoms with Crippen molar-refractivity contribution in [3.05, 3.63) is 42.5 Å². The van der Waals surface area contributed by atoms with E-state index in [9.17, 15) is 22.8 Å². The average Bonchev–Trinajstić information content (AvgIpc) is 2.45. The second-order valence-corrected chi connectivity index (χ2v) is 4.57. The second kappa shape index (κ2) is 7.63. The Morgan fingerprint density at radius 2 is 2.05 bits per heavy atom. The van der Waals surface area contributed by atoms with Gasteiger partial charge in [-0.25, -0.2) is 0 Å². The topological polar surface area (TPSA) is 49.4 Å². The normalized spacial score (nSPS) is 10.9. The molecule has 22 heavy (non-hydrogen) atoms. The number of anilines is 1. The van der Waals surface area contributed by atoms with E-state index in [0.29, 0.717) is 10.6 Å². The number of nitrogens with zero attached hydrogens (tertiary/aromatic N) is 1. The Kier molecular flexibility index (Phi) is 6.15. The maximum Gasteiger partial charge on any atom is 0.406 e. The first kappa shape index (κ1) is 17.7. The number of hydrogen-bond donors (Lipinski definition) is 1. The van der Waals surface area contributed by atoms with Crippen molar-refractivity contribution in [1.82, 2.24) is 4.90 Å². The molecule has 0 aliphatic carbocycles. The molecule has 0 fully saturated rings. The Bertz CT molecular complexity index is 556. The third kappa shape index (κ3) is 5.59. The highest BCUT2D eigenvalue weighted by atomic mass is 19.4. The van der Waals surface area contributed by atoms with Crippen molar-refractivity contribution in [3.63, 3.8) is 0 Å². The van der Waals surface area contributed by atoms with Crippen LogP contribution >= 0.6 is 0 Å². The smallest absolute Gasteiger partial charge is 0.326 e. The van der Waals surface area contributed by atoms with E-state index < -0.39 is 18.6 Å². The van der Waals surface area contributed by atoms with Crippen molar-refractivity contribution in [2.75, 3.05) is 18.4 Å². The largest absolute Gasteiger partial charge is 0.406 e. The van der Waals surface area contributed by atoms with Gasteiger partial charge in [-0.2, -0.15) is 13.2 Å². The van der Waals surface area contributed by atoms with Crippen LogP contribution < -0.4 is 5.32 Å². The van der Waals surface area contributed by atoms with E-state index >= 15 is 0 Å². The molecule has 0 atom stereocenters. The fourth-order valence-electron chi connectivity index (χ4n) is 1.75. The van der Waals surface area contributed by atoms with Crippen molar-refractivity contribution >= 4 is 17.5 Å². The zero-order valence-corrected chi connectivity index (χ0v) is 12.1.